The number of carbonyl (C=O) groups excluding carboxylic acids is 4. The van der Waals surface area contributed by atoms with Gasteiger partial charge in [0.2, 0.25) is 5.91 Å². The number of aliphatic hydroxyl groups is 1. The minimum Gasteiger partial charge on any atom is -0.495 e. The number of likely N-dealkylation sites (N-methyl/N-ethyl adjacent to an activating group) is 1. The molecule has 0 aromatic heterocycles. The van der Waals surface area contributed by atoms with Crippen LogP contribution in [0.25, 0.3) is 0 Å². The molecule has 8 atom stereocenters. The number of thiol groups is 1. The largest absolute Gasteiger partial charge is 0.495 e. The number of benzene rings is 1. The van der Waals surface area contributed by atoms with Crippen LogP contribution in [-0.2, 0) is 35.0 Å². The number of hydrogen-bond acceptors (Lipinski definition) is 10. The van der Waals surface area contributed by atoms with E-state index in [2.05, 4.69) is 17.9 Å². The molecule has 4 rings (SSSR count). The summed E-state index contributed by atoms with van der Waals surface area (Å²) < 4.78 is 28.8. The Morgan fingerprint density at radius 3 is 2.58 bits per heavy atom. The quantitative estimate of drug-likeness (QED) is 0.232. The normalized spacial score (nSPS) is 31.4. The van der Waals surface area contributed by atoms with Crippen LogP contribution in [0.2, 0.25) is 5.02 Å². The fourth-order valence-corrected chi connectivity index (χ4v) is 6.65. The maximum absolute atomic E-state index is 14.0. The second kappa shape index (κ2) is 14.7. The number of anilines is 1. The fourth-order valence-electron chi connectivity index (χ4n) is 6.17. The molecule has 2 N–H and O–H groups in total. The number of nitrogens with zero attached hydrogens (tertiary/aromatic N) is 2. The van der Waals surface area contributed by atoms with Gasteiger partial charge >= 0.3 is 12.1 Å². The third-order valence-electron chi connectivity index (χ3n) is 9.43. The highest BCUT2D eigenvalue weighted by molar-refractivity contribution is 7.96. The van der Waals surface area contributed by atoms with Crippen LogP contribution in [0, 0.1) is 5.92 Å². The van der Waals surface area contributed by atoms with Gasteiger partial charge in [0.05, 0.1) is 25.3 Å². The highest BCUT2D eigenvalue weighted by Crippen LogP contribution is 2.49. The molecule has 0 radical (unpaired) electrons. The smallest absolute Gasteiger partial charge is 0.409 e. The molecule has 0 saturated carbocycles. The Labute approximate surface area is 290 Å². The van der Waals surface area contributed by atoms with Crippen molar-refractivity contribution >= 4 is 53.1 Å². The molecular weight excluding hydrogens is 666 g/mol. The van der Waals surface area contributed by atoms with Gasteiger partial charge in [0, 0.05) is 33.5 Å². The van der Waals surface area contributed by atoms with Gasteiger partial charge in [0.25, 0.3) is 5.24 Å². The van der Waals surface area contributed by atoms with Crippen LogP contribution in [0.3, 0.4) is 0 Å². The van der Waals surface area contributed by atoms with Crippen LogP contribution in [0.1, 0.15) is 46.1 Å². The van der Waals surface area contributed by atoms with Gasteiger partial charge in [-0.15, -0.1) is 0 Å². The first-order chi connectivity index (χ1) is 22.4. The van der Waals surface area contributed by atoms with Gasteiger partial charge in [-0.2, -0.15) is 0 Å². The Bertz CT molecular complexity index is 1510. The third-order valence-corrected chi connectivity index (χ3v) is 10.1. The lowest BCUT2D eigenvalue weighted by Gasteiger charge is -2.42. The van der Waals surface area contributed by atoms with Gasteiger partial charge in [-0.05, 0) is 44.9 Å². The zero-order chi connectivity index (χ0) is 35.7. The number of alkyl carbamates (subject to hydrolysis) is 1. The summed E-state index contributed by atoms with van der Waals surface area (Å²) in [5.74, 6) is -1.38. The molecular formula is C33H44ClN3O10S. The van der Waals surface area contributed by atoms with Crippen molar-refractivity contribution in [2.24, 2.45) is 5.92 Å². The van der Waals surface area contributed by atoms with E-state index < -0.39 is 70.9 Å². The number of fused-ring (bicyclic) bond motifs is 5. The van der Waals surface area contributed by atoms with Gasteiger partial charge in [-0.25, -0.2) is 9.59 Å². The van der Waals surface area contributed by atoms with E-state index in [1.807, 2.05) is 13.0 Å². The Balaban J connectivity index is 1.80. The molecule has 2 fully saturated rings. The maximum atomic E-state index is 14.0. The summed E-state index contributed by atoms with van der Waals surface area (Å²) in [6.45, 7) is 6.87. The van der Waals surface area contributed by atoms with Crippen LogP contribution in [0.4, 0.5) is 15.3 Å². The molecule has 1 aromatic rings. The van der Waals surface area contributed by atoms with Crippen molar-refractivity contribution in [3.63, 3.8) is 0 Å². The SMILES string of the molecule is COc1cc2cc(c1Cl)N(C)C(=O)CC(OC(=O)C(C)N(C)C(=O)S)C1(C)OC1C(C)C1CC(O)(NC(=O)O1)C(OC)C=CC=C(C)C2. The van der Waals surface area contributed by atoms with Gasteiger partial charge in [-0.3, -0.25) is 14.9 Å². The van der Waals surface area contributed by atoms with Crippen molar-refractivity contribution in [2.45, 2.75) is 88.7 Å². The lowest BCUT2D eigenvalue weighted by molar-refractivity contribution is -0.157. The van der Waals surface area contributed by atoms with Gasteiger partial charge < -0.3 is 38.6 Å². The minimum absolute atomic E-state index is 0.0521. The molecule has 4 bridgehead atoms. The average molecular weight is 710 g/mol. The number of allylic oxidation sites excluding steroid dienone is 3. The lowest BCUT2D eigenvalue weighted by atomic mass is 9.83. The van der Waals surface area contributed by atoms with Crippen LogP contribution >= 0.6 is 24.2 Å². The van der Waals surface area contributed by atoms with Crippen LogP contribution in [0.5, 0.6) is 5.75 Å². The fraction of sp³-hybridized carbons (Fsp3) is 0.576. The summed E-state index contributed by atoms with van der Waals surface area (Å²) in [7, 11) is 5.87. The molecule has 3 aliphatic rings. The van der Waals surface area contributed by atoms with Gasteiger partial charge in [0.1, 0.15) is 40.7 Å². The predicted octanol–water partition coefficient (Wildman–Crippen LogP) is 4.04. The van der Waals surface area contributed by atoms with Crippen molar-refractivity contribution in [3.8, 4) is 5.75 Å². The number of halogens is 1. The summed E-state index contributed by atoms with van der Waals surface area (Å²) in [5, 5.41) is 13.7. The first-order valence-corrected chi connectivity index (χ1v) is 16.3. The number of hydrogen-bond donors (Lipinski definition) is 3. The molecule has 48 heavy (non-hydrogen) atoms. The molecule has 3 amide bonds. The highest BCUT2D eigenvalue weighted by atomic mass is 35.5. The minimum atomic E-state index is -1.82. The van der Waals surface area contributed by atoms with E-state index in [0.717, 1.165) is 16.0 Å². The highest BCUT2D eigenvalue weighted by Gasteiger charge is 2.64. The van der Waals surface area contributed by atoms with E-state index in [1.54, 1.807) is 45.2 Å². The van der Waals surface area contributed by atoms with Crippen molar-refractivity contribution in [2.75, 3.05) is 33.2 Å². The number of ether oxygens (including phenoxy) is 5. The molecule has 15 heteroatoms. The number of carbonyl (C=O) groups is 4. The Morgan fingerprint density at radius 2 is 1.96 bits per heavy atom. The first-order valence-electron chi connectivity index (χ1n) is 15.5. The molecule has 13 nitrogen and oxygen atoms in total. The number of rotatable bonds is 5. The number of epoxide rings is 1. The second-order valence-electron chi connectivity index (χ2n) is 12.8. The Hall–Kier alpha value is -3.30. The van der Waals surface area contributed by atoms with E-state index >= 15 is 0 Å². The molecule has 0 spiro atoms. The summed E-state index contributed by atoms with van der Waals surface area (Å²) in [4.78, 5) is 54.4. The summed E-state index contributed by atoms with van der Waals surface area (Å²) in [5.41, 5.74) is -0.921. The van der Waals surface area contributed by atoms with Crippen LogP contribution < -0.4 is 15.0 Å². The summed E-state index contributed by atoms with van der Waals surface area (Å²) in [6, 6.07) is 2.54. The Morgan fingerprint density at radius 1 is 1.27 bits per heavy atom. The van der Waals surface area contributed by atoms with Crippen molar-refractivity contribution in [1.29, 1.82) is 0 Å². The molecule has 3 aliphatic heterocycles. The van der Waals surface area contributed by atoms with E-state index in [9.17, 15) is 24.3 Å². The maximum Gasteiger partial charge on any atom is 0.409 e. The third kappa shape index (κ3) is 7.78. The van der Waals surface area contributed by atoms with Crippen LogP contribution in [-0.4, -0.2) is 103 Å². The number of nitrogens with one attached hydrogen (secondary N) is 1. The molecule has 264 valence electrons. The van der Waals surface area contributed by atoms with Crippen molar-refractivity contribution < 1.29 is 48.0 Å². The van der Waals surface area contributed by atoms with Gasteiger partial charge in [0.15, 0.2) is 5.72 Å². The number of esters is 1. The number of methoxy groups -OCH3 is 2. The molecule has 0 aliphatic carbocycles. The van der Waals surface area contributed by atoms with E-state index in [0.29, 0.717) is 17.9 Å². The summed E-state index contributed by atoms with van der Waals surface area (Å²) in [6.07, 6.45) is 0.905. The topological polar surface area (TPSA) is 156 Å². The monoisotopic (exact) mass is 709 g/mol. The second-order valence-corrected chi connectivity index (χ2v) is 13.6. The van der Waals surface area contributed by atoms with Crippen LogP contribution in [0.15, 0.2) is 35.9 Å². The van der Waals surface area contributed by atoms with E-state index in [1.165, 1.54) is 33.1 Å². The molecule has 1 aromatic carbocycles. The predicted molar refractivity (Wildman–Crippen MR) is 180 cm³/mol. The molecule has 2 saturated heterocycles. The van der Waals surface area contributed by atoms with E-state index in [4.69, 9.17) is 35.3 Å². The average Bonchev–Trinajstić information content (AvgIpc) is 3.73. The first kappa shape index (κ1) is 37.5. The lowest BCUT2D eigenvalue weighted by Crippen LogP contribution is -2.63. The Kier molecular flexibility index (Phi) is 11.5. The van der Waals surface area contributed by atoms with Crippen molar-refractivity contribution in [1.82, 2.24) is 10.2 Å². The molecule has 3 heterocycles. The number of amides is 3. The standard InChI is InChI=1S/C33H44ClN3O10S/c1-17-10-9-11-24(44-8)33(42)16-23(45-30(40)35-33)18(2)28-32(4,47-28)25(46-29(39)19(3)36(5)31(41)48)15-26(38)37(6)21-13-20(12-17)14-22(43-7)27(21)34/h9-11,13-14,18-19,23-25,28,42H,12,15-16H2,1-8H3,(H,35,40)(H,41,48). The van der Waals surface area contributed by atoms with Gasteiger partial charge in [-0.1, -0.05) is 55.0 Å². The molecule has 8 unspecified atom stereocenters. The van der Waals surface area contributed by atoms with Crippen molar-refractivity contribution in [3.05, 3.63) is 46.5 Å². The summed E-state index contributed by atoms with van der Waals surface area (Å²) >= 11 is 10.5. The zero-order valence-electron chi connectivity index (χ0n) is 28.3. The van der Waals surface area contributed by atoms with E-state index in [-0.39, 0.29) is 17.9 Å². The zero-order valence-corrected chi connectivity index (χ0v) is 30.0.